The van der Waals surface area contributed by atoms with Crippen molar-refractivity contribution in [2.75, 3.05) is 4.90 Å². The second kappa shape index (κ2) is 12.6. The van der Waals surface area contributed by atoms with Gasteiger partial charge in [0.2, 0.25) is 6.71 Å². The van der Waals surface area contributed by atoms with E-state index in [2.05, 4.69) is 217 Å². The van der Waals surface area contributed by atoms with Crippen molar-refractivity contribution < 1.29 is 0 Å². The molecule has 0 spiro atoms. The number of aromatic nitrogens is 1. The molecule has 0 fully saturated rings. The summed E-state index contributed by atoms with van der Waals surface area (Å²) in [5.41, 5.74) is 17.6. The molecule has 2 aliphatic heterocycles. The lowest BCUT2D eigenvalue weighted by atomic mass is 9.38. The Morgan fingerprint density at radius 2 is 0.964 bits per heavy atom. The molecular weight excluding hydrogens is 663 g/mol. The Balaban J connectivity index is 1.17. The molecule has 2 nitrogen and oxygen atoms in total. The zero-order valence-corrected chi connectivity index (χ0v) is 30.2. The van der Waals surface area contributed by atoms with Crippen molar-refractivity contribution in [2.45, 2.75) is 5.41 Å². The molecule has 9 aromatic rings. The lowest BCUT2D eigenvalue weighted by molar-refractivity contribution is 0.731. The van der Waals surface area contributed by atoms with Gasteiger partial charge in [-0.3, -0.25) is 0 Å². The first kappa shape index (κ1) is 31.6. The molecule has 0 bridgehead atoms. The molecule has 11 rings (SSSR count). The van der Waals surface area contributed by atoms with E-state index in [1.54, 1.807) is 0 Å². The summed E-state index contributed by atoms with van der Waals surface area (Å²) in [7, 11) is 0. The lowest BCUT2D eigenvalue weighted by Crippen LogP contribution is -2.49. The third-order valence-electron chi connectivity index (χ3n) is 11.8. The van der Waals surface area contributed by atoms with E-state index in [4.69, 9.17) is 4.98 Å². The van der Waals surface area contributed by atoms with Crippen LogP contribution in [-0.2, 0) is 5.41 Å². The number of benzene rings is 8. The maximum Gasteiger partial charge on any atom is 0.245 e. The van der Waals surface area contributed by atoms with Crippen molar-refractivity contribution >= 4 is 51.1 Å². The highest BCUT2D eigenvalue weighted by molar-refractivity contribution is 6.99. The Hall–Kier alpha value is -6.97. The zero-order chi connectivity index (χ0) is 36.3. The van der Waals surface area contributed by atoms with Crippen LogP contribution in [0.15, 0.2) is 212 Å². The van der Waals surface area contributed by atoms with Crippen LogP contribution in [-0.4, -0.2) is 11.7 Å². The van der Waals surface area contributed by atoms with E-state index in [-0.39, 0.29) is 6.71 Å². The minimum atomic E-state index is -0.512. The van der Waals surface area contributed by atoms with E-state index < -0.39 is 5.41 Å². The van der Waals surface area contributed by atoms with Crippen LogP contribution in [0.2, 0.25) is 0 Å². The van der Waals surface area contributed by atoms with Crippen LogP contribution in [0, 0.1) is 0 Å². The molecule has 0 aliphatic carbocycles. The van der Waals surface area contributed by atoms with Gasteiger partial charge in [0.25, 0.3) is 0 Å². The van der Waals surface area contributed by atoms with Gasteiger partial charge in [-0.15, -0.1) is 0 Å². The Morgan fingerprint density at radius 3 is 1.65 bits per heavy atom. The third kappa shape index (κ3) is 4.73. The van der Waals surface area contributed by atoms with Gasteiger partial charge >= 0.3 is 0 Å². The third-order valence-corrected chi connectivity index (χ3v) is 11.8. The van der Waals surface area contributed by atoms with Crippen molar-refractivity contribution in [3.05, 3.63) is 235 Å². The zero-order valence-electron chi connectivity index (χ0n) is 30.2. The van der Waals surface area contributed by atoms with Gasteiger partial charge in [0.1, 0.15) is 0 Å². The van der Waals surface area contributed by atoms with Crippen LogP contribution in [0.3, 0.4) is 0 Å². The molecular formula is C52H35BN2. The molecule has 55 heavy (non-hydrogen) atoms. The smallest absolute Gasteiger partial charge is 0.245 e. The van der Waals surface area contributed by atoms with Crippen molar-refractivity contribution in [2.24, 2.45) is 0 Å². The van der Waals surface area contributed by atoms with E-state index in [1.165, 1.54) is 72.1 Å². The van der Waals surface area contributed by atoms with Gasteiger partial charge < -0.3 is 4.90 Å². The van der Waals surface area contributed by atoms with E-state index in [0.717, 1.165) is 16.9 Å². The fourth-order valence-electron chi connectivity index (χ4n) is 9.53. The molecule has 1 aromatic heterocycles. The highest BCUT2D eigenvalue weighted by atomic mass is 15.2. The quantitative estimate of drug-likeness (QED) is 0.166. The highest BCUT2D eigenvalue weighted by Gasteiger charge is 2.46. The number of para-hydroxylation sites is 3. The first-order chi connectivity index (χ1) is 27.3. The summed E-state index contributed by atoms with van der Waals surface area (Å²) in [5, 5.41) is 1.17. The van der Waals surface area contributed by atoms with E-state index in [1.807, 2.05) is 0 Å². The number of hydrogen-bond acceptors (Lipinski definition) is 2. The van der Waals surface area contributed by atoms with Gasteiger partial charge in [-0.1, -0.05) is 193 Å². The fraction of sp³-hybridized carbons (Fsp3) is 0.0192. The molecule has 0 saturated carbocycles. The molecule has 256 valence electrons. The number of hydrogen-bond donors (Lipinski definition) is 0. The number of nitrogens with zero attached hydrogens (tertiary/aromatic N) is 2. The minimum absolute atomic E-state index is 0.0392. The average Bonchev–Trinajstić information content (AvgIpc) is 3.58. The second-order valence-corrected chi connectivity index (χ2v) is 14.6. The highest BCUT2D eigenvalue weighted by Crippen LogP contribution is 2.57. The Kier molecular flexibility index (Phi) is 7.21. The molecule has 8 aromatic carbocycles. The molecule has 0 saturated heterocycles. The predicted octanol–water partition coefficient (Wildman–Crippen LogP) is 10.6. The van der Waals surface area contributed by atoms with E-state index >= 15 is 0 Å². The molecule has 3 heterocycles. The van der Waals surface area contributed by atoms with Gasteiger partial charge in [-0.05, 0) is 80.1 Å². The minimum Gasteiger partial charge on any atom is -0.310 e. The number of fused-ring (bicyclic) bond motifs is 6. The maximum atomic E-state index is 5.27. The Labute approximate surface area is 322 Å². The second-order valence-electron chi connectivity index (χ2n) is 14.6. The van der Waals surface area contributed by atoms with Crippen molar-refractivity contribution in [3.8, 4) is 22.4 Å². The van der Waals surface area contributed by atoms with Crippen LogP contribution in [0.4, 0.5) is 17.1 Å². The van der Waals surface area contributed by atoms with Gasteiger partial charge in [-0.2, -0.15) is 0 Å². The predicted molar refractivity (Wildman–Crippen MR) is 230 cm³/mol. The topological polar surface area (TPSA) is 16.1 Å². The Morgan fingerprint density at radius 1 is 0.418 bits per heavy atom. The van der Waals surface area contributed by atoms with Crippen LogP contribution in [0.5, 0.6) is 0 Å². The summed E-state index contributed by atoms with van der Waals surface area (Å²) in [6.07, 6.45) is 0. The molecule has 0 unspecified atom stereocenters. The lowest BCUT2D eigenvalue weighted by Gasteiger charge is -2.46. The summed E-state index contributed by atoms with van der Waals surface area (Å²) in [4.78, 5) is 7.75. The molecule has 2 aliphatic rings. The van der Waals surface area contributed by atoms with Gasteiger partial charge in [0.15, 0.2) is 0 Å². The summed E-state index contributed by atoms with van der Waals surface area (Å²) >= 11 is 0. The van der Waals surface area contributed by atoms with Crippen LogP contribution in [0.25, 0.3) is 33.3 Å². The molecule has 0 atom stereocenters. The molecule has 0 radical (unpaired) electrons. The molecule has 3 heteroatoms. The van der Waals surface area contributed by atoms with E-state index in [9.17, 15) is 0 Å². The van der Waals surface area contributed by atoms with Gasteiger partial charge in [0, 0.05) is 5.69 Å². The number of rotatable bonds is 5. The average molecular weight is 699 g/mol. The number of pyridine rings is 1. The SMILES string of the molecule is c1ccc(-c2cc(N3c4ccccc4C(c4ccccc4)(c4ccccc4)c4ccccc43)ccc2B2c3ccccc3-c3nc4ccccc4cc32)cc1. The molecule has 0 N–H and O–H groups in total. The van der Waals surface area contributed by atoms with Crippen molar-refractivity contribution in [1.29, 1.82) is 0 Å². The van der Waals surface area contributed by atoms with Gasteiger partial charge in [0.05, 0.1) is 28.0 Å². The number of anilines is 3. The fourth-order valence-corrected chi connectivity index (χ4v) is 9.53. The maximum absolute atomic E-state index is 5.27. The normalized spacial score (nSPS) is 13.5. The van der Waals surface area contributed by atoms with Crippen molar-refractivity contribution in [3.63, 3.8) is 0 Å². The summed E-state index contributed by atoms with van der Waals surface area (Å²) in [6.45, 7) is 0.0392. The van der Waals surface area contributed by atoms with Gasteiger partial charge in [-0.25, -0.2) is 4.98 Å². The first-order valence-electron chi connectivity index (χ1n) is 19.1. The largest absolute Gasteiger partial charge is 0.310 e. The Bertz CT molecular complexity index is 2800. The standard InChI is InChI=1S/C52H35BN2/c1-4-18-36(19-5-1)42-35-40(32-33-46(42)53-45-28-14-11-25-41(45)51-47(53)34-37-20-10-15-29-48(37)54-51)55-49-30-16-12-26-43(49)52(38-21-6-2-7-22-38,39-23-8-3-9-24-39)44-27-13-17-31-50(44)55/h1-35H. The van der Waals surface area contributed by atoms with E-state index in [0.29, 0.717) is 0 Å². The van der Waals surface area contributed by atoms with Crippen LogP contribution < -0.4 is 21.3 Å². The summed E-state index contributed by atoms with van der Waals surface area (Å²) in [5.74, 6) is 0. The summed E-state index contributed by atoms with van der Waals surface area (Å²) in [6, 6.07) is 77.7. The van der Waals surface area contributed by atoms with Crippen LogP contribution >= 0.6 is 0 Å². The molecule has 0 amide bonds. The van der Waals surface area contributed by atoms with Crippen LogP contribution in [0.1, 0.15) is 22.3 Å². The van der Waals surface area contributed by atoms with Crippen molar-refractivity contribution in [1.82, 2.24) is 4.98 Å². The first-order valence-corrected chi connectivity index (χ1v) is 19.1. The monoisotopic (exact) mass is 698 g/mol. The summed E-state index contributed by atoms with van der Waals surface area (Å²) < 4.78 is 0.